The molecule has 19 heavy (non-hydrogen) atoms. The number of anilines is 1. The second-order valence-electron chi connectivity index (χ2n) is 5.65. The van der Waals surface area contributed by atoms with Crippen LogP contribution in [0.2, 0.25) is 0 Å². The molecule has 3 heteroatoms. The third-order valence-electron chi connectivity index (χ3n) is 4.23. The van der Waals surface area contributed by atoms with Crippen LogP contribution in [0.25, 0.3) is 0 Å². The highest BCUT2D eigenvalue weighted by molar-refractivity contribution is 5.54. The summed E-state index contributed by atoms with van der Waals surface area (Å²) in [7, 11) is 2.19. The van der Waals surface area contributed by atoms with E-state index in [1.54, 1.807) is 0 Å². The molecule has 3 nitrogen and oxygen atoms in total. The highest BCUT2D eigenvalue weighted by Crippen LogP contribution is 2.26. The van der Waals surface area contributed by atoms with E-state index < -0.39 is 0 Å². The molecule has 2 atom stereocenters. The summed E-state index contributed by atoms with van der Waals surface area (Å²) in [6, 6.07) is 9.28. The lowest BCUT2D eigenvalue weighted by Crippen LogP contribution is -2.39. The largest absolute Gasteiger partial charge is 0.373 e. The lowest BCUT2D eigenvalue weighted by Gasteiger charge is -2.30. The van der Waals surface area contributed by atoms with Crippen molar-refractivity contribution in [3.05, 3.63) is 29.8 Å². The van der Waals surface area contributed by atoms with Crippen molar-refractivity contribution < 1.29 is 0 Å². The van der Waals surface area contributed by atoms with Crippen LogP contribution in [0.15, 0.2) is 24.3 Å². The molecule has 2 N–H and O–H groups in total. The molecule has 1 aliphatic heterocycles. The molecule has 1 aromatic rings. The fourth-order valence-corrected chi connectivity index (χ4v) is 3.15. The van der Waals surface area contributed by atoms with E-state index in [1.807, 2.05) is 0 Å². The minimum absolute atomic E-state index is 0.0875. The summed E-state index contributed by atoms with van der Waals surface area (Å²) in [5.41, 5.74) is 8.60. The van der Waals surface area contributed by atoms with E-state index in [1.165, 1.54) is 30.6 Å². The van der Waals surface area contributed by atoms with Gasteiger partial charge in [-0.25, -0.2) is 0 Å². The lowest BCUT2D eigenvalue weighted by molar-refractivity contribution is 0.270. The molecular formula is C16H27N3. The van der Waals surface area contributed by atoms with Crippen LogP contribution in [0.5, 0.6) is 0 Å². The average Bonchev–Trinajstić information content (AvgIpc) is 2.85. The Morgan fingerprint density at radius 3 is 2.84 bits per heavy atom. The zero-order valence-corrected chi connectivity index (χ0v) is 12.5. The van der Waals surface area contributed by atoms with Gasteiger partial charge in [0.1, 0.15) is 0 Å². The summed E-state index contributed by atoms with van der Waals surface area (Å²) in [4.78, 5) is 4.96. The fraction of sp³-hybridized carbons (Fsp3) is 0.625. The predicted molar refractivity (Wildman–Crippen MR) is 82.6 cm³/mol. The molecule has 1 aromatic carbocycles. The molecule has 1 heterocycles. The van der Waals surface area contributed by atoms with Gasteiger partial charge in [0.15, 0.2) is 0 Å². The van der Waals surface area contributed by atoms with E-state index in [-0.39, 0.29) is 6.04 Å². The topological polar surface area (TPSA) is 32.5 Å². The van der Waals surface area contributed by atoms with E-state index in [9.17, 15) is 0 Å². The first-order valence-electron chi connectivity index (χ1n) is 7.43. The zero-order chi connectivity index (χ0) is 13.8. The Morgan fingerprint density at radius 2 is 2.16 bits per heavy atom. The Kier molecular flexibility index (Phi) is 4.83. The summed E-state index contributed by atoms with van der Waals surface area (Å²) in [5, 5.41) is 0. The molecule has 1 saturated heterocycles. The predicted octanol–water partition coefficient (Wildman–Crippen LogP) is 2.63. The van der Waals surface area contributed by atoms with Crippen LogP contribution >= 0.6 is 0 Å². The van der Waals surface area contributed by atoms with E-state index in [2.05, 4.69) is 55.0 Å². The van der Waals surface area contributed by atoms with Gasteiger partial charge in [-0.05, 0) is 44.5 Å². The minimum atomic E-state index is 0.0875. The lowest BCUT2D eigenvalue weighted by atomic mass is 10.1. The third kappa shape index (κ3) is 3.28. The second-order valence-corrected chi connectivity index (χ2v) is 5.65. The van der Waals surface area contributed by atoms with Gasteiger partial charge in [-0.15, -0.1) is 0 Å². The van der Waals surface area contributed by atoms with Crippen molar-refractivity contribution in [3.8, 4) is 0 Å². The van der Waals surface area contributed by atoms with Crippen LogP contribution in [0.3, 0.4) is 0 Å². The SMILES string of the molecule is CCN1CCCC1CN(C)c1ccccc1C(C)N. The normalized spacial score (nSPS) is 21.6. The first kappa shape index (κ1) is 14.4. The van der Waals surface area contributed by atoms with Crippen molar-refractivity contribution in [1.82, 2.24) is 4.90 Å². The summed E-state index contributed by atoms with van der Waals surface area (Å²) < 4.78 is 0. The first-order chi connectivity index (χ1) is 9.13. The molecule has 0 saturated carbocycles. The molecular weight excluding hydrogens is 234 g/mol. The van der Waals surface area contributed by atoms with Gasteiger partial charge in [0.2, 0.25) is 0 Å². The van der Waals surface area contributed by atoms with E-state index in [0.717, 1.165) is 13.1 Å². The van der Waals surface area contributed by atoms with Crippen molar-refractivity contribution in [3.63, 3.8) is 0 Å². The summed E-state index contributed by atoms with van der Waals surface area (Å²) in [5.74, 6) is 0. The number of para-hydroxylation sites is 1. The number of nitrogens with two attached hydrogens (primary N) is 1. The van der Waals surface area contributed by atoms with Gasteiger partial charge in [0.05, 0.1) is 0 Å². The van der Waals surface area contributed by atoms with E-state index in [4.69, 9.17) is 5.73 Å². The molecule has 0 bridgehead atoms. The Labute approximate surface area is 117 Å². The minimum Gasteiger partial charge on any atom is -0.373 e. The van der Waals surface area contributed by atoms with Gasteiger partial charge < -0.3 is 10.6 Å². The van der Waals surface area contributed by atoms with Crippen LogP contribution in [0.1, 0.15) is 38.3 Å². The molecule has 0 spiro atoms. The summed E-state index contributed by atoms with van der Waals surface area (Å²) >= 11 is 0. The molecule has 0 aromatic heterocycles. The van der Waals surface area contributed by atoms with Gasteiger partial charge in [0, 0.05) is 31.4 Å². The maximum atomic E-state index is 6.08. The van der Waals surface area contributed by atoms with Gasteiger partial charge in [0.25, 0.3) is 0 Å². The standard InChI is InChI=1S/C16H27N3/c1-4-19-11-7-8-14(19)12-18(3)16-10-6-5-9-15(16)13(2)17/h5-6,9-10,13-14H,4,7-8,11-12,17H2,1-3H3. The van der Waals surface area contributed by atoms with Crippen LogP contribution in [-0.4, -0.2) is 37.6 Å². The Morgan fingerprint density at radius 1 is 1.42 bits per heavy atom. The number of nitrogens with zero attached hydrogens (tertiary/aromatic N) is 2. The molecule has 1 fully saturated rings. The number of benzene rings is 1. The Hall–Kier alpha value is -1.06. The van der Waals surface area contributed by atoms with Crippen molar-refractivity contribution in [2.75, 3.05) is 31.6 Å². The third-order valence-corrected chi connectivity index (χ3v) is 4.23. The Balaban J connectivity index is 2.09. The van der Waals surface area contributed by atoms with Crippen LogP contribution < -0.4 is 10.6 Å². The summed E-state index contributed by atoms with van der Waals surface area (Å²) in [6.07, 6.45) is 2.65. The van der Waals surface area contributed by atoms with Crippen LogP contribution in [0, 0.1) is 0 Å². The number of hydrogen-bond acceptors (Lipinski definition) is 3. The maximum Gasteiger partial charge on any atom is 0.0412 e. The van der Waals surface area contributed by atoms with Gasteiger partial charge in [-0.2, -0.15) is 0 Å². The van der Waals surface area contributed by atoms with Crippen LogP contribution in [0.4, 0.5) is 5.69 Å². The van der Waals surface area contributed by atoms with Crippen molar-refractivity contribution in [2.24, 2.45) is 5.73 Å². The first-order valence-corrected chi connectivity index (χ1v) is 7.43. The fourth-order valence-electron chi connectivity index (χ4n) is 3.15. The van der Waals surface area contributed by atoms with Crippen molar-refractivity contribution in [2.45, 2.75) is 38.8 Å². The monoisotopic (exact) mass is 261 g/mol. The van der Waals surface area contributed by atoms with E-state index in [0.29, 0.717) is 6.04 Å². The second kappa shape index (κ2) is 6.40. The van der Waals surface area contributed by atoms with Gasteiger partial charge in [-0.3, -0.25) is 4.90 Å². The zero-order valence-electron chi connectivity index (χ0n) is 12.5. The number of hydrogen-bond donors (Lipinski definition) is 1. The Bertz CT molecular complexity index is 403. The smallest absolute Gasteiger partial charge is 0.0412 e. The molecule has 0 radical (unpaired) electrons. The molecule has 106 valence electrons. The van der Waals surface area contributed by atoms with Gasteiger partial charge >= 0.3 is 0 Å². The number of likely N-dealkylation sites (tertiary alicyclic amines) is 1. The highest BCUT2D eigenvalue weighted by atomic mass is 15.2. The van der Waals surface area contributed by atoms with Crippen LogP contribution in [-0.2, 0) is 0 Å². The molecule has 0 aliphatic carbocycles. The number of likely N-dealkylation sites (N-methyl/N-ethyl adjacent to an activating group) is 2. The van der Waals surface area contributed by atoms with Gasteiger partial charge in [-0.1, -0.05) is 25.1 Å². The highest BCUT2D eigenvalue weighted by Gasteiger charge is 2.24. The number of rotatable bonds is 5. The maximum absolute atomic E-state index is 6.08. The molecule has 0 amide bonds. The molecule has 2 unspecified atom stereocenters. The van der Waals surface area contributed by atoms with E-state index >= 15 is 0 Å². The van der Waals surface area contributed by atoms with Crippen molar-refractivity contribution >= 4 is 5.69 Å². The molecule has 2 rings (SSSR count). The quantitative estimate of drug-likeness (QED) is 0.884. The average molecular weight is 261 g/mol. The molecule has 1 aliphatic rings. The van der Waals surface area contributed by atoms with Crippen molar-refractivity contribution in [1.29, 1.82) is 0 Å². The summed E-state index contributed by atoms with van der Waals surface area (Å²) in [6.45, 7) is 7.82.